The van der Waals surface area contributed by atoms with Crippen LogP contribution in [0.4, 0.5) is 0 Å². The van der Waals surface area contributed by atoms with Crippen molar-refractivity contribution in [2.75, 3.05) is 0 Å². The monoisotopic (exact) mass is 406 g/mol. The van der Waals surface area contributed by atoms with Crippen LogP contribution in [-0.4, -0.2) is 5.97 Å². The van der Waals surface area contributed by atoms with Gasteiger partial charge in [0.05, 0.1) is 0 Å². The standard InChI is InChI=1S/C19H16.C10H10O2/c1-4-10-16(11-5-1)19(17-12-6-2-7-13-17)18-14-8-3-9-15-18;1-3-9-4-6-10(7-5-9)12-8(2)11/h1-15,19H;3-7H,1H2,2H3. The lowest BCUT2D eigenvalue weighted by atomic mass is 9.85. The number of hydrogen-bond acceptors (Lipinski definition) is 2. The predicted octanol–water partition coefficient (Wildman–Crippen LogP) is 7.12. The molecule has 2 nitrogen and oxygen atoms in total. The van der Waals surface area contributed by atoms with E-state index in [0.717, 1.165) is 5.56 Å². The minimum Gasteiger partial charge on any atom is -0.427 e. The zero-order valence-electron chi connectivity index (χ0n) is 17.6. The number of benzene rings is 4. The molecule has 0 heterocycles. The van der Waals surface area contributed by atoms with Crippen LogP contribution in [0.15, 0.2) is 122 Å². The molecule has 4 aromatic carbocycles. The van der Waals surface area contributed by atoms with E-state index in [1.807, 2.05) is 12.1 Å². The van der Waals surface area contributed by atoms with Gasteiger partial charge in [-0.05, 0) is 34.4 Å². The Balaban J connectivity index is 0.000000196. The molecule has 0 aliphatic heterocycles. The Labute approximate surface area is 184 Å². The van der Waals surface area contributed by atoms with Crippen molar-refractivity contribution in [3.8, 4) is 5.75 Å². The molecule has 0 aliphatic rings. The maximum absolute atomic E-state index is 10.5. The fraction of sp³-hybridized carbons (Fsp3) is 0.0690. The van der Waals surface area contributed by atoms with Crippen molar-refractivity contribution in [2.45, 2.75) is 12.8 Å². The number of carbonyl (C=O) groups excluding carboxylic acids is 1. The van der Waals surface area contributed by atoms with Gasteiger partial charge in [-0.1, -0.05) is 116 Å². The van der Waals surface area contributed by atoms with E-state index in [9.17, 15) is 4.79 Å². The largest absolute Gasteiger partial charge is 0.427 e. The number of carbonyl (C=O) groups is 1. The number of esters is 1. The molecule has 0 atom stereocenters. The fourth-order valence-electron chi connectivity index (χ4n) is 3.35. The quantitative estimate of drug-likeness (QED) is 0.200. The molecule has 0 amide bonds. The molecule has 0 radical (unpaired) electrons. The molecule has 2 heteroatoms. The van der Waals surface area contributed by atoms with Gasteiger partial charge < -0.3 is 4.74 Å². The molecule has 4 rings (SSSR count). The fourth-order valence-corrected chi connectivity index (χ4v) is 3.35. The van der Waals surface area contributed by atoms with Crippen LogP contribution < -0.4 is 4.74 Å². The van der Waals surface area contributed by atoms with E-state index < -0.39 is 0 Å². The summed E-state index contributed by atoms with van der Waals surface area (Å²) in [6.45, 7) is 4.99. The lowest BCUT2D eigenvalue weighted by Gasteiger charge is -2.18. The second-order valence-corrected chi connectivity index (χ2v) is 7.03. The van der Waals surface area contributed by atoms with E-state index in [4.69, 9.17) is 4.74 Å². The minimum absolute atomic E-state index is 0.304. The van der Waals surface area contributed by atoms with Gasteiger partial charge in [0.2, 0.25) is 0 Å². The van der Waals surface area contributed by atoms with Crippen molar-refractivity contribution in [1.82, 2.24) is 0 Å². The molecule has 0 spiro atoms. The molecule has 0 aromatic heterocycles. The first kappa shape index (κ1) is 21.8. The SMILES string of the molecule is C=Cc1ccc(OC(C)=O)cc1.c1ccc(C(c2ccccc2)c2ccccc2)cc1. The van der Waals surface area contributed by atoms with Gasteiger partial charge in [-0.15, -0.1) is 0 Å². The Morgan fingerprint density at radius 2 is 1.06 bits per heavy atom. The summed E-state index contributed by atoms with van der Waals surface area (Å²) in [5, 5.41) is 0. The summed E-state index contributed by atoms with van der Waals surface area (Å²) in [5.74, 6) is 0.568. The minimum atomic E-state index is -0.304. The molecule has 0 unspecified atom stereocenters. The topological polar surface area (TPSA) is 26.3 Å². The van der Waals surface area contributed by atoms with Crippen molar-refractivity contribution in [1.29, 1.82) is 0 Å². The molecule has 0 saturated heterocycles. The maximum Gasteiger partial charge on any atom is 0.308 e. The Bertz CT molecular complexity index is 976. The summed E-state index contributed by atoms with van der Waals surface area (Å²) in [5.41, 5.74) is 5.01. The van der Waals surface area contributed by atoms with E-state index in [1.54, 1.807) is 18.2 Å². The Hall–Kier alpha value is -3.91. The molecule has 0 bridgehead atoms. The van der Waals surface area contributed by atoms with E-state index >= 15 is 0 Å². The van der Waals surface area contributed by atoms with Crippen LogP contribution in [0, 0.1) is 0 Å². The molecule has 0 saturated carbocycles. The number of ether oxygens (including phenoxy) is 1. The van der Waals surface area contributed by atoms with Gasteiger partial charge >= 0.3 is 5.97 Å². The lowest BCUT2D eigenvalue weighted by Crippen LogP contribution is -2.02. The smallest absolute Gasteiger partial charge is 0.308 e. The zero-order chi connectivity index (χ0) is 21.9. The molecular formula is C29H26O2. The average Bonchev–Trinajstić information content (AvgIpc) is 2.82. The highest BCUT2D eigenvalue weighted by Gasteiger charge is 2.15. The third-order valence-corrected chi connectivity index (χ3v) is 4.78. The lowest BCUT2D eigenvalue weighted by molar-refractivity contribution is -0.131. The van der Waals surface area contributed by atoms with Crippen molar-refractivity contribution < 1.29 is 9.53 Å². The molecule has 0 fully saturated rings. The number of rotatable bonds is 5. The van der Waals surface area contributed by atoms with E-state index in [0.29, 0.717) is 11.7 Å². The zero-order valence-corrected chi connectivity index (χ0v) is 17.6. The summed E-state index contributed by atoms with van der Waals surface area (Å²) < 4.78 is 4.84. The summed E-state index contributed by atoms with van der Waals surface area (Å²) in [7, 11) is 0. The maximum atomic E-state index is 10.5. The highest BCUT2D eigenvalue weighted by Crippen LogP contribution is 2.31. The first-order valence-corrected chi connectivity index (χ1v) is 10.2. The van der Waals surface area contributed by atoms with Crippen molar-refractivity contribution in [2.24, 2.45) is 0 Å². The second-order valence-electron chi connectivity index (χ2n) is 7.03. The van der Waals surface area contributed by atoms with Crippen LogP contribution in [0.25, 0.3) is 6.08 Å². The summed E-state index contributed by atoms with van der Waals surface area (Å²) in [6.07, 6.45) is 1.73. The van der Waals surface area contributed by atoms with Crippen molar-refractivity contribution in [3.63, 3.8) is 0 Å². The van der Waals surface area contributed by atoms with E-state index in [1.165, 1.54) is 23.6 Å². The van der Waals surface area contributed by atoms with Crippen LogP contribution in [0.5, 0.6) is 5.75 Å². The van der Waals surface area contributed by atoms with Gasteiger partial charge in [0, 0.05) is 12.8 Å². The second kappa shape index (κ2) is 11.3. The number of hydrogen-bond donors (Lipinski definition) is 0. The van der Waals surface area contributed by atoms with Crippen molar-refractivity contribution in [3.05, 3.63) is 144 Å². The van der Waals surface area contributed by atoms with Crippen LogP contribution in [0.1, 0.15) is 35.1 Å². The van der Waals surface area contributed by atoms with Gasteiger partial charge in [0.25, 0.3) is 0 Å². The van der Waals surface area contributed by atoms with Gasteiger partial charge in [-0.2, -0.15) is 0 Å². The Morgan fingerprint density at radius 1 is 0.677 bits per heavy atom. The van der Waals surface area contributed by atoms with Crippen molar-refractivity contribution >= 4 is 12.0 Å². The van der Waals surface area contributed by atoms with Crippen LogP contribution in [-0.2, 0) is 4.79 Å². The molecular weight excluding hydrogens is 380 g/mol. The molecule has 4 aromatic rings. The molecule has 31 heavy (non-hydrogen) atoms. The van der Waals surface area contributed by atoms with Gasteiger partial charge in [-0.3, -0.25) is 4.79 Å². The van der Waals surface area contributed by atoms with E-state index in [2.05, 4.69) is 97.6 Å². The summed E-state index contributed by atoms with van der Waals surface area (Å²) in [6, 6.07) is 39.2. The van der Waals surface area contributed by atoms with Crippen LogP contribution in [0.3, 0.4) is 0 Å². The Kier molecular flexibility index (Phi) is 7.96. The van der Waals surface area contributed by atoms with Gasteiger partial charge in [-0.25, -0.2) is 0 Å². The third-order valence-electron chi connectivity index (χ3n) is 4.78. The van der Waals surface area contributed by atoms with Crippen LogP contribution >= 0.6 is 0 Å². The van der Waals surface area contributed by atoms with Crippen LogP contribution in [0.2, 0.25) is 0 Å². The Morgan fingerprint density at radius 3 is 1.39 bits per heavy atom. The first-order chi connectivity index (χ1) is 15.2. The molecule has 0 aliphatic carbocycles. The molecule has 0 N–H and O–H groups in total. The average molecular weight is 407 g/mol. The molecule has 154 valence electrons. The summed E-state index contributed by atoms with van der Waals surface area (Å²) >= 11 is 0. The van der Waals surface area contributed by atoms with Gasteiger partial charge in [0.1, 0.15) is 5.75 Å². The summed E-state index contributed by atoms with van der Waals surface area (Å²) in [4.78, 5) is 10.5. The highest BCUT2D eigenvalue weighted by molar-refractivity contribution is 5.69. The third kappa shape index (κ3) is 6.55. The van der Waals surface area contributed by atoms with Gasteiger partial charge in [0.15, 0.2) is 0 Å². The predicted molar refractivity (Wildman–Crippen MR) is 128 cm³/mol. The highest BCUT2D eigenvalue weighted by atomic mass is 16.5. The first-order valence-electron chi connectivity index (χ1n) is 10.2. The van der Waals surface area contributed by atoms with E-state index in [-0.39, 0.29) is 5.97 Å². The normalized spacial score (nSPS) is 10.0.